The molecule has 6 rings (SSSR count). The van der Waals surface area contributed by atoms with Crippen LogP contribution in [0.2, 0.25) is 0 Å². The molecule has 1 unspecified atom stereocenters. The zero-order valence-corrected chi connectivity index (χ0v) is 21.3. The normalized spacial score (nSPS) is 14.1. The molecule has 0 fully saturated rings. The monoisotopic (exact) mass is 561 g/mol. The zero-order valence-electron chi connectivity index (χ0n) is 20.5. The van der Waals surface area contributed by atoms with Gasteiger partial charge in [-0.05, 0) is 65.2 Å². The number of hydrogen-bond acceptors (Lipinski definition) is 4. The number of rotatable bonds is 5. The summed E-state index contributed by atoms with van der Waals surface area (Å²) in [5, 5.41) is 9.87. The molecule has 5 aromatic rings. The number of ether oxygens (including phenoxy) is 1. The van der Waals surface area contributed by atoms with Gasteiger partial charge in [-0.15, -0.1) is 11.8 Å². The maximum atomic E-state index is 13.7. The summed E-state index contributed by atoms with van der Waals surface area (Å²) in [7, 11) is 0. The number of hydrogen-bond donors (Lipinski definition) is 1. The van der Waals surface area contributed by atoms with E-state index in [1.807, 2.05) is 48.6 Å². The van der Waals surface area contributed by atoms with E-state index in [0.717, 1.165) is 45.0 Å². The Balaban J connectivity index is 0.00000323. The fourth-order valence-electron chi connectivity index (χ4n) is 4.62. The van der Waals surface area contributed by atoms with Crippen LogP contribution in [0.15, 0.2) is 95.9 Å². The number of carbonyl (C=O) groups is 1. The molecule has 0 bridgehead atoms. The fraction of sp³-hybridized carbons (Fsp3) is 0.0625. The van der Waals surface area contributed by atoms with Crippen molar-refractivity contribution in [2.24, 2.45) is 0 Å². The van der Waals surface area contributed by atoms with E-state index >= 15 is 0 Å². The van der Waals surface area contributed by atoms with E-state index < -0.39 is 17.6 Å². The van der Waals surface area contributed by atoms with E-state index in [-0.39, 0.29) is 40.4 Å². The number of aromatic nitrogens is 1. The Labute approximate surface area is 256 Å². The van der Waals surface area contributed by atoms with Crippen molar-refractivity contribution in [3.05, 3.63) is 136 Å². The number of carboxylic acid groups (broad SMARTS) is 1. The van der Waals surface area contributed by atoms with Crippen LogP contribution in [0.1, 0.15) is 43.6 Å². The van der Waals surface area contributed by atoms with Gasteiger partial charge in [0, 0.05) is 21.9 Å². The van der Waals surface area contributed by atoms with Crippen molar-refractivity contribution >= 4 is 70.3 Å². The Kier molecular flexibility index (Phi) is 8.38. The summed E-state index contributed by atoms with van der Waals surface area (Å²) in [6.45, 7) is 0.433. The van der Waals surface area contributed by atoms with E-state index in [9.17, 15) is 18.7 Å². The van der Waals surface area contributed by atoms with Gasteiger partial charge in [-0.2, -0.15) is 0 Å². The molecule has 0 saturated heterocycles. The van der Waals surface area contributed by atoms with Crippen LogP contribution in [0.25, 0.3) is 23.1 Å². The second-order valence-corrected chi connectivity index (χ2v) is 10.3. The van der Waals surface area contributed by atoms with Crippen molar-refractivity contribution < 1.29 is 23.4 Å². The first-order valence-electron chi connectivity index (χ1n) is 12.2. The van der Waals surface area contributed by atoms with Crippen molar-refractivity contribution in [1.29, 1.82) is 0 Å². The van der Waals surface area contributed by atoms with E-state index in [2.05, 4.69) is 17.1 Å². The number of nitrogens with zero attached hydrogens (tertiary/aromatic N) is 1. The van der Waals surface area contributed by atoms with E-state index in [0.29, 0.717) is 23.2 Å². The SMILES string of the molecule is O=C(O)c1cccc(SC2c3ccccc3COc3ccc(C=Cc4ccc5cc(F)c(F)cc5n4)cc32)c1.[NaH]. The predicted octanol–water partition coefficient (Wildman–Crippen LogP) is 7.51. The Morgan fingerprint density at radius 1 is 0.900 bits per heavy atom. The van der Waals surface area contributed by atoms with Crippen molar-refractivity contribution in [3.8, 4) is 5.75 Å². The maximum absolute atomic E-state index is 13.7. The van der Waals surface area contributed by atoms with Gasteiger partial charge in [0.1, 0.15) is 12.4 Å². The molecule has 2 heterocycles. The van der Waals surface area contributed by atoms with Gasteiger partial charge >= 0.3 is 35.5 Å². The molecule has 1 aliphatic heterocycles. The third kappa shape index (κ3) is 5.83. The number of fused-ring (bicyclic) bond motifs is 3. The molecule has 1 atom stereocenters. The third-order valence-electron chi connectivity index (χ3n) is 6.57. The topological polar surface area (TPSA) is 59.4 Å². The van der Waals surface area contributed by atoms with Gasteiger partial charge in [-0.25, -0.2) is 18.6 Å². The van der Waals surface area contributed by atoms with E-state index in [4.69, 9.17) is 4.74 Å². The average Bonchev–Trinajstić information content (AvgIpc) is 3.09. The van der Waals surface area contributed by atoms with Gasteiger partial charge in [0.2, 0.25) is 0 Å². The Morgan fingerprint density at radius 3 is 2.58 bits per heavy atom. The first-order valence-corrected chi connectivity index (χ1v) is 13.1. The molecule has 4 nitrogen and oxygen atoms in total. The number of pyridine rings is 1. The van der Waals surface area contributed by atoms with Crippen molar-refractivity contribution in [2.75, 3.05) is 0 Å². The first kappa shape index (κ1) is 28.1. The summed E-state index contributed by atoms with van der Waals surface area (Å²) >= 11 is 1.58. The van der Waals surface area contributed by atoms with Gasteiger partial charge in [0.05, 0.1) is 22.0 Å². The molecule has 4 aromatic carbocycles. The Morgan fingerprint density at radius 2 is 1.73 bits per heavy atom. The van der Waals surface area contributed by atoms with E-state index in [1.54, 1.807) is 42.1 Å². The molecule has 1 aliphatic rings. The summed E-state index contributed by atoms with van der Waals surface area (Å²) in [4.78, 5) is 16.8. The summed E-state index contributed by atoms with van der Waals surface area (Å²) in [5.74, 6) is -2.04. The molecule has 1 N–H and O–H groups in total. The van der Waals surface area contributed by atoms with Crippen LogP contribution in [-0.4, -0.2) is 45.6 Å². The summed E-state index contributed by atoms with van der Waals surface area (Å²) in [5.41, 5.74) is 5.28. The number of benzene rings is 4. The second kappa shape index (κ2) is 11.9. The molecule has 0 amide bonds. The quantitative estimate of drug-likeness (QED) is 0.225. The molecule has 0 spiro atoms. The van der Waals surface area contributed by atoms with E-state index in [1.165, 1.54) is 0 Å². The van der Waals surface area contributed by atoms with Gasteiger partial charge in [0.25, 0.3) is 0 Å². The number of thioether (sulfide) groups is 1. The van der Waals surface area contributed by atoms with Gasteiger partial charge in [-0.3, -0.25) is 0 Å². The zero-order chi connectivity index (χ0) is 26.9. The molecule has 40 heavy (non-hydrogen) atoms. The van der Waals surface area contributed by atoms with Gasteiger partial charge < -0.3 is 9.84 Å². The third-order valence-corrected chi connectivity index (χ3v) is 7.84. The van der Waals surface area contributed by atoms with Crippen LogP contribution < -0.4 is 4.74 Å². The standard InChI is InChI=1S/C32H21F2NO3S.Na.H/c33-27-16-20-10-12-23(35-29(20)17-28(27)34)11-8-19-9-13-30-26(14-19)31(25-7-2-1-4-22(25)18-38-30)39-24-6-3-5-21(15-24)32(36)37;;/h1-17,31H,18H2,(H,36,37);;. The fourth-order valence-corrected chi connectivity index (χ4v) is 5.92. The van der Waals surface area contributed by atoms with Crippen molar-refractivity contribution in [2.45, 2.75) is 16.8 Å². The first-order chi connectivity index (χ1) is 18.9. The van der Waals surface area contributed by atoms with Crippen LogP contribution in [0.5, 0.6) is 5.75 Å². The number of halogens is 2. The molecule has 1 aromatic heterocycles. The Hall–Kier alpha value is -3.49. The Bertz CT molecular complexity index is 1780. The van der Waals surface area contributed by atoms with Gasteiger partial charge in [0.15, 0.2) is 11.6 Å². The van der Waals surface area contributed by atoms with Crippen LogP contribution in [-0.2, 0) is 6.61 Å². The molecule has 0 saturated carbocycles. The molecule has 0 radical (unpaired) electrons. The van der Waals surface area contributed by atoms with Crippen LogP contribution in [0.3, 0.4) is 0 Å². The minimum atomic E-state index is -0.968. The molecular formula is C32H22F2NNaO3S. The predicted molar refractivity (Wildman–Crippen MR) is 156 cm³/mol. The van der Waals surface area contributed by atoms with Crippen LogP contribution >= 0.6 is 11.8 Å². The number of carboxylic acids is 1. The molecule has 8 heteroatoms. The molecular weight excluding hydrogens is 539 g/mol. The summed E-state index contributed by atoms with van der Waals surface area (Å²) in [6, 6.07) is 26.7. The minimum absolute atomic E-state index is 0. The summed E-state index contributed by atoms with van der Waals surface area (Å²) in [6.07, 6.45) is 3.74. The van der Waals surface area contributed by atoms with Crippen LogP contribution in [0, 0.1) is 11.6 Å². The molecule has 194 valence electrons. The van der Waals surface area contributed by atoms with Crippen molar-refractivity contribution in [3.63, 3.8) is 0 Å². The van der Waals surface area contributed by atoms with Gasteiger partial charge in [-0.1, -0.05) is 48.5 Å². The van der Waals surface area contributed by atoms with Crippen LogP contribution in [0.4, 0.5) is 8.78 Å². The number of aromatic carboxylic acids is 1. The average molecular weight is 562 g/mol. The summed E-state index contributed by atoms with van der Waals surface area (Å²) < 4.78 is 33.4. The molecule has 0 aliphatic carbocycles. The van der Waals surface area contributed by atoms with Crippen molar-refractivity contribution in [1.82, 2.24) is 4.98 Å². The second-order valence-electron chi connectivity index (χ2n) is 9.14.